The third kappa shape index (κ3) is 2.52. The van der Waals surface area contributed by atoms with Crippen LogP contribution in [-0.4, -0.2) is 52.4 Å². The first kappa shape index (κ1) is 16.0. The molecule has 6 nitrogen and oxygen atoms in total. The number of benzene rings is 1. The second-order valence-corrected chi connectivity index (χ2v) is 8.71. The summed E-state index contributed by atoms with van der Waals surface area (Å²) in [6.45, 7) is 5.63. The third-order valence-corrected chi connectivity index (χ3v) is 7.24. The van der Waals surface area contributed by atoms with Crippen LogP contribution in [0.3, 0.4) is 0 Å². The molecule has 2 heterocycles. The lowest BCUT2D eigenvalue weighted by Crippen LogP contribution is -2.54. The zero-order valence-electron chi connectivity index (χ0n) is 13.8. The van der Waals surface area contributed by atoms with Crippen LogP contribution in [0.2, 0.25) is 0 Å². The molecule has 2 aromatic rings. The number of imidazole rings is 1. The quantitative estimate of drug-likeness (QED) is 0.792. The maximum atomic E-state index is 12.8. The van der Waals surface area contributed by atoms with Gasteiger partial charge < -0.3 is 9.47 Å². The van der Waals surface area contributed by atoms with Crippen LogP contribution < -0.4 is 0 Å². The van der Waals surface area contributed by atoms with Crippen molar-refractivity contribution in [2.45, 2.75) is 32.1 Å². The average molecular weight is 335 g/mol. The van der Waals surface area contributed by atoms with Gasteiger partial charge in [0, 0.05) is 25.2 Å². The molecule has 1 aromatic carbocycles. The molecule has 0 unspecified atom stereocenters. The Bertz CT molecular complexity index is 885. The number of carbonyl (C=O) groups is 1. The number of aromatic nitrogens is 2. The molecule has 2 atom stereocenters. The van der Waals surface area contributed by atoms with E-state index in [1.807, 2.05) is 24.6 Å². The molecule has 7 heteroatoms. The van der Waals surface area contributed by atoms with E-state index in [1.165, 1.54) is 0 Å². The zero-order valence-corrected chi connectivity index (χ0v) is 14.6. The molecular formula is C16H21N3O3S. The highest BCUT2D eigenvalue weighted by atomic mass is 32.2. The molecule has 124 valence electrons. The maximum Gasteiger partial charge on any atom is 0.254 e. The summed E-state index contributed by atoms with van der Waals surface area (Å²) in [7, 11) is -1.17. The Morgan fingerprint density at radius 1 is 1.30 bits per heavy atom. The topological polar surface area (TPSA) is 72.3 Å². The SMILES string of the molecule is Cc1nc2cc(C(=O)N3CCS(=O)(=O)[C@H](C)[C@@H]3C)ccc2n1C. The monoisotopic (exact) mass is 335 g/mol. The van der Waals surface area contributed by atoms with Gasteiger partial charge in [-0.1, -0.05) is 0 Å². The minimum Gasteiger partial charge on any atom is -0.334 e. The van der Waals surface area contributed by atoms with E-state index in [2.05, 4.69) is 4.98 Å². The summed E-state index contributed by atoms with van der Waals surface area (Å²) in [6.07, 6.45) is 0. The first-order valence-corrected chi connectivity index (χ1v) is 9.39. The minimum atomic E-state index is -3.11. The molecule has 1 amide bonds. The van der Waals surface area contributed by atoms with E-state index in [4.69, 9.17) is 0 Å². The Labute approximate surface area is 136 Å². The highest BCUT2D eigenvalue weighted by Crippen LogP contribution is 2.23. The Balaban J connectivity index is 1.94. The van der Waals surface area contributed by atoms with Gasteiger partial charge in [-0.05, 0) is 39.0 Å². The highest BCUT2D eigenvalue weighted by Gasteiger charge is 2.38. The van der Waals surface area contributed by atoms with Crippen molar-refractivity contribution >= 4 is 26.8 Å². The van der Waals surface area contributed by atoms with Crippen LogP contribution in [0.4, 0.5) is 0 Å². The third-order valence-electron chi connectivity index (χ3n) is 4.97. The molecule has 0 bridgehead atoms. The number of fused-ring (bicyclic) bond motifs is 1. The van der Waals surface area contributed by atoms with E-state index >= 15 is 0 Å². The van der Waals surface area contributed by atoms with Crippen molar-refractivity contribution in [2.75, 3.05) is 12.3 Å². The number of sulfone groups is 1. The lowest BCUT2D eigenvalue weighted by atomic mass is 10.1. The molecule has 0 N–H and O–H groups in total. The van der Waals surface area contributed by atoms with Gasteiger partial charge in [0.05, 0.1) is 22.0 Å². The van der Waals surface area contributed by atoms with E-state index in [0.717, 1.165) is 16.9 Å². The Morgan fingerprint density at radius 3 is 2.70 bits per heavy atom. The van der Waals surface area contributed by atoms with Crippen molar-refractivity contribution in [2.24, 2.45) is 7.05 Å². The lowest BCUT2D eigenvalue weighted by Gasteiger charge is -2.37. The van der Waals surface area contributed by atoms with Crippen molar-refractivity contribution in [1.82, 2.24) is 14.5 Å². The van der Waals surface area contributed by atoms with Gasteiger partial charge in [-0.25, -0.2) is 13.4 Å². The second kappa shape index (κ2) is 5.33. The molecule has 1 fully saturated rings. The van der Waals surface area contributed by atoms with Crippen LogP contribution in [0.1, 0.15) is 30.0 Å². The van der Waals surface area contributed by atoms with Crippen molar-refractivity contribution in [3.05, 3.63) is 29.6 Å². The zero-order chi connectivity index (χ0) is 16.9. The summed E-state index contributed by atoms with van der Waals surface area (Å²) >= 11 is 0. The Morgan fingerprint density at radius 2 is 2.00 bits per heavy atom. The minimum absolute atomic E-state index is 0.0230. The smallest absolute Gasteiger partial charge is 0.254 e. The van der Waals surface area contributed by atoms with E-state index in [9.17, 15) is 13.2 Å². The van der Waals surface area contributed by atoms with Crippen LogP contribution in [0.5, 0.6) is 0 Å². The number of rotatable bonds is 1. The summed E-state index contributed by atoms with van der Waals surface area (Å²) in [5.41, 5.74) is 2.30. The van der Waals surface area contributed by atoms with Gasteiger partial charge in [0.25, 0.3) is 5.91 Å². The number of carbonyl (C=O) groups excluding carboxylic acids is 1. The van der Waals surface area contributed by atoms with E-state index in [-0.39, 0.29) is 24.2 Å². The molecular weight excluding hydrogens is 314 g/mol. The summed E-state index contributed by atoms with van der Waals surface area (Å²) < 4.78 is 25.9. The van der Waals surface area contributed by atoms with Gasteiger partial charge in [0.15, 0.2) is 9.84 Å². The fraction of sp³-hybridized carbons (Fsp3) is 0.500. The molecule has 1 saturated heterocycles. The predicted molar refractivity (Wildman–Crippen MR) is 89.2 cm³/mol. The van der Waals surface area contributed by atoms with Crippen LogP contribution in [0.15, 0.2) is 18.2 Å². The predicted octanol–water partition coefficient (Wildman–Crippen LogP) is 1.53. The number of aryl methyl sites for hydroxylation is 2. The van der Waals surface area contributed by atoms with Crippen LogP contribution in [0.25, 0.3) is 11.0 Å². The van der Waals surface area contributed by atoms with Crippen LogP contribution in [-0.2, 0) is 16.9 Å². The van der Waals surface area contributed by atoms with Crippen LogP contribution >= 0.6 is 0 Å². The molecule has 1 aliphatic heterocycles. The normalized spacial score (nSPS) is 24.1. The van der Waals surface area contributed by atoms with Gasteiger partial charge in [-0.2, -0.15) is 0 Å². The summed E-state index contributed by atoms with van der Waals surface area (Å²) in [4.78, 5) is 18.9. The van der Waals surface area contributed by atoms with Gasteiger partial charge in [0.1, 0.15) is 5.82 Å². The average Bonchev–Trinajstić information content (AvgIpc) is 2.79. The molecule has 0 aliphatic carbocycles. The lowest BCUT2D eigenvalue weighted by molar-refractivity contribution is 0.0693. The fourth-order valence-corrected chi connectivity index (χ4v) is 4.64. The van der Waals surface area contributed by atoms with Gasteiger partial charge in [-0.15, -0.1) is 0 Å². The number of hydrogen-bond acceptors (Lipinski definition) is 4. The van der Waals surface area contributed by atoms with Gasteiger partial charge in [0.2, 0.25) is 0 Å². The van der Waals surface area contributed by atoms with Crippen LogP contribution in [0, 0.1) is 6.92 Å². The Hall–Kier alpha value is -1.89. The molecule has 3 rings (SSSR count). The van der Waals surface area contributed by atoms with Crippen molar-refractivity contribution < 1.29 is 13.2 Å². The standard InChI is InChI=1S/C16H21N3O3S/c1-10-11(2)23(21,22)8-7-19(10)16(20)13-5-6-15-14(9-13)17-12(3)18(15)4/h5-6,9-11H,7-8H2,1-4H3/t10-,11+/m0/s1. The first-order valence-electron chi connectivity index (χ1n) is 7.68. The molecule has 0 spiro atoms. The fourth-order valence-electron chi connectivity index (χ4n) is 3.07. The van der Waals surface area contributed by atoms with Gasteiger partial charge >= 0.3 is 0 Å². The number of nitrogens with zero attached hydrogens (tertiary/aromatic N) is 3. The van der Waals surface area contributed by atoms with E-state index in [1.54, 1.807) is 30.9 Å². The van der Waals surface area contributed by atoms with Crippen molar-refractivity contribution in [3.8, 4) is 0 Å². The molecule has 1 aromatic heterocycles. The molecule has 1 aliphatic rings. The van der Waals surface area contributed by atoms with E-state index in [0.29, 0.717) is 5.56 Å². The Kier molecular flexibility index (Phi) is 3.71. The van der Waals surface area contributed by atoms with Crippen molar-refractivity contribution in [1.29, 1.82) is 0 Å². The second-order valence-electron chi connectivity index (χ2n) is 6.23. The molecule has 0 saturated carbocycles. The van der Waals surface area contributed by atoms with Crippen molar-refractivity contribution in [3.63, 3.8) is 0 Å². The number of amides is 1. The maximum absolute atomic E-state index is 12.8. The summed E-state index contributed by atoms with van der Waals surface area (Å²) in [5, 5.41) is -0.541. The molecule has 0 radical (unpaired) electrons. The number of hydrogen-bond donors (Lipinski definition) is 0. The van der Waals surface area contributed by atoms with E-state index < -0.39 is 15.1 Å². The molecule has 23 heavy (non-hydrogen) atoms. The summed E-state index contributed by atoms with van der Waals surface area (Å²) in [5.74, 6) is 0.773. The first-order chi connectivity index (χ1) is 10.7. The highest BCUT2D eigenvalue weighted by molar-refractivity contribution is 7.92. The summed E-state index contributed by atoms with van der Waals surface area (Å²) in [6, 6.07) is 5.12. The van der Waals surface area contributed by atoms with Gasteiger partial charge in [-0.3, -0.25) is 4.79 Å². The largest absolute Gasteiger partial charge is 0.334 e.